The summed E-state index contributed by atoms with van der Waals surface area (Å²) in [5.41, 5.74) is 0.750. The van der Waals surface area contributed by atoms with Gasteiger partial charge in [-0.05, 0) is 25.0 Å². The van der Waals surface area contributed by atoms with Crippen molar-refractivity contribution in [1.29, 1.82) is 0 Å². The Morgan fingerprint density at radius 3 is 2.81 bits per heavy atom. The molecular formula is C14H15NO. The van der Waals surface area contributed by atoms with Gasteiger partial charge in [0.05, 0.1) is 0 Å². The molecule has 2 heteroatoms. The number of piperidine rings is 1. The van der Waals surface area contributed by atoms with Gasteiger partial charge in [-0.15, -0.1) is 12.3 Å². The summed E-state index contributed by atoms with van der Waals surface area (Å²) >= 11 is 0. The molecule has 2 rings (SSSR count). The highest BCUT2D eigenvalue weighted by atomic mass is 16.2. The Morgan fingerprint density at radius 2 is 2.12 bits per heavy atom. The molecule has 1 saturated heterocycles. The second kappa shape index (κ2) is 4.85. The smallest absolute Gasteiger partial charge is 0.253 e. The van der Waals surface area contributed by atoms with Crippen LogP contribution in [0.25, 0.3) is 0 Å². The van der Waals surface area contributed by atoms with E-state index in [1.54, 1.807) is 0 Å². The maximum atomic E-state index is 12.1. The Kier molecular flexibility index (Phi) is 3.26. The molecule has 0 aromatic heterocycles. The number of amides is 1. The number of likely N-dealkylation sites (tertiary alicyclic amines) is 1. The van der Waals surface area contributed by atoms with Crippen molar-refractivity contribution in [1.82, 2.24) is 4.90 Å². The van der Waals surface area contributed by atoms with Gasteiger partial charge >= 0.3 is 0 Å². The monoisotopic (exact) mass is 213 g/mol. The van der Waals surface area contributed by atoms with Gasteiger partial charge in [0.25, 0.3) is 5.91 Å². The van der Waals surface area contributed by atoms with Crippen LogP contribution in [0, 0.1) is 18.3 Å². The predicted molar refractivity (Wildman–Crippen MR) is 63.9 cm³/mol. The summed E-state index contributed by atoms with van der Waals surface area (Å²) in [6.45, 7) is 1.52. The van der Waals surface area contributed by atoms with Crippen LogP contribution in [0.3, 0.4) is 0 Å². The Bertz CT molecular complexity index is 404. The molecule has 1 heterocycles. The number of rotatable bonds is 1. The van der Waals surface area contributed by atoms with E-state index in [0.717, 1.165) is 24.9 Å². The van der Waals surface area contributed by atoms with Gasteiger partial charge in [-0.25, -0.2) is 0 Å². The Morgan fingerprint density at radius 1 is 1.38 bits per heavy atom. The van der Waals surface area contributed by atoms with E-state index in [4.69, 9.17) is 6.42 Å². The van der Waals surface area contributed by atoms with Crippen LogP contribution in [0.1, 0.15) is 23.2 Å². The van der Waals surface area contributed by atoms with Crippen molar-refractivity contribution in [3.05, 3.63) is 35.9 Å². The van der Waals surface area contributed by atoms with Gasteiger partial charge in [-0.1, -0.05) is 18.2 Å². The highest BCUT2D eigenvalue weighted by Gasteiger charge is 2.22. The van der Waals surface area contributed by atoms with Crippen molar-refractivity contribution in [2.75, 3.05) is 13.1 Å². The summed E-state index contributed by atoms with van der Waals surface area (Å²) in [5, 5.41) is 0. The second-order valence-electron chi connectivity index (χ2n) is 4.12. The van der Waals surface area contributed by atoms with E-state index in [2.05, 4.69) is 5.92 Å². The lowest BCUT2D eigenvalue weighted by Gasteiger charge is -2.30. The van der Waals surface area contributed by atoms with Crippen molar-refractivity contribution in [2.24, 2.45) is 5.92 Å². The fourth-order valence-electron chi connectivity index (χ4n) is 2.06. The molecule has 0 saturated carbocycles. The van der Waals surface area contributed by atoms with E-state index < -0.39 is 0 Å². The molecule has 1 amide bonds. The summed E-state index contributed by atoms with van der Waals surface area (Å²) in [7, 11) is 0. The van der Waals surface area contributed by atoms with Crippen molar-refractivity contribution in [3.63, 3.8) is 0 Å². The molecule has 0 bridgehead atoms. The van der Waals surface area contributed by atoms with Crippen LogP contribution in [0.4, 0.5) is 0 Å². The first kappa shape index (κ1) is 10.8. The Hall–Kier alpha value is -1.75. The van der Waals surface area contributed by atoms with Crippen LogP contribution in [0.5, 0.6) is 0 Å². The number of nitrogens with zero attached hydrogens (tertiary/aromatic N) is 1. The summed E-state index contributed by atoms with van der Waals surface area (Å²) in [5.74, 6) is 3.07. The van der Waals surface area contributed by atoms with E-state index in [-0.39, 0.29) is 11.8 Å². The summed E-state index contributed by atoms with van der Waals surface area (Å²) in [4.78, 5) is 14.0. The van der Waals surface area contributed by atoms with Crippen molar-refractivity contribution in [2.45, 2.75) is 12.8 Å². The fourth-order valence-corrected chi connectivity index (χ4v) is 2.06. The van der Waals surface area contributed by atoms with Crippen LogP contribution < -0.4 is 0 Å². The SMILES string of the molecule is C#C[C@H]1CCCN(C(=O)c2ccccc2)C1. The molecule has 1 aromatic rings. The standard InChI is InChI=1S/C14H15NO/c1-2-12-7-6-10-15(11-12)14(16)13-8-4-3-5-9-13/h1,3-5,8-9,12H,6-7,10-11H2/t12-/m0/s1. The average Bonchev–Trinajstić information content (AvgIpc) is 2.39. The highest BCUT2D eigenvalue weighted by molar-refractivity contribution is 5.94. The molecular weight excluding hydrogens is 198 g/mol. The van der Waals surface area contributed by atoms with Crippen LogP contribution in [-0.4, -0.2) is 23.9 Å². The fraction of sp³-hybridized carbons (Fsp3) is 0.357. The van der Waals surface area contributed by atoms with Crippen molar-refractivity contribution in [3.8, 4) is 12.3 Å². The first-order chi connectivity index (χ1) is 7.81. The zero-order valence-corrected chi connectivity index (χ0v) is 9.23. The summed E-state index contributed by atoms with van der Waals surface area (Å²) < 4.78 is 0. The zero-order chi connectivity index (χ0) is 11.4. The molecule has 0 radical (unpaired) electrons. The van der Waals surface area contributed by atoms with Gasteiger partial charge in [-0.2, -0.15) is 0 Å². The predicted octanol–water partition coefficient (Wildman–Crippen LogP) is 2.17. The summed E-state index contributed by atoms with van der Waals surface area (Å²) in [6.07, 6.45) is 7.46. The molecule has 0 aliphatic carbocycles. The van der Waals surface area contributed by atoms with Gasteiger partial charge < -0.3 is 4.90 Å². The molecule has 1 atom stereocenters. The molecule has 82 valence electrons. The Balaban J connectivity index is 2.08. The minimum absolute atomic E-state index is 0.0977. The number of terminal acetylenes is 1. The highest BCUT2D eigenvalue weighted by Crippen LogP contribution is 2.17. The van der Waals surface area contributed by atoms with Gasteiger partial charge in [0.15, 0.2) is 0 Å². The minimum atomic E-state index is 0.0977. The van der Waals surface area contributed by atoms with E-state index in [1.165, 1.54) is 0 Å². The van der Waals surface area contributed by atoms with Crippen molar-refractivity contribution >= 4 is 5.91 Å². The zero-order valence-electron chi connectivity index (χ0n) is 9.23. The third-order valence-electron chi connectivity index (χ3n) is 2.97. The van der Waals surface area contributed by atoms with Crippen LogP contribution >= 0.6 is 0 Å². The minimum Gasteiger partial charge on any atom is -0.337 e. The first-order valence-corrected chi connectivity index (χ1v) is 5.61. The van der Waals surface area contributed by atoms with Crippen LogP contribution in [0.15, 0.2) is 30.3 Å². The van der Waals surface area contributed by atoms with Gasteiger partial charge in [0.1, 0.15) is 0 Å². The normalized spacial score (nSPS) is 20.2. The van der Waals surface area contributed by atoms with E-state index >= 15 is 0 Å². The van der Waals surface area contributed by atoms with Gasteiger partial charge in [-0.3, -0.25) is 4.79 Å². The summed E-state index contributed by atoms with van der Waals surface area (Å²) in [6, 6.07) is 9.38. The van der Waals surface area contributed by atoms with Crippen LogP contribution in [-0.2, 0) is 0 Å². The molecule has 0 spiro atoms. The van der Waals surface area contributed by atoms with E-state index in [1.807, 2.05) is 35.2 Å². The van der Waals surface area contributed by atoms with Gasteiger partial charge in [0, 0.05) is 24.6 Å². The largest absolute Gasteiger partial charge is 0.337 e. The number of benzene rings is 1. The molecule has 1 aliphatic heterocycles. The molecule has 1 aliphatic rings. The van der Waals surface area contributed by atoms with Crippen LogP contribution in [0.2, 0.25) is 0 Å². The molecule has 1 aromatic carbocycles. The average molecular weight is 213 g/mol. The number of hydrogen-bond acceptors (Lipinski definition) is 1. The third-order valence-corrected chi connectivity index (χ3v) is 2.97. The lowest BCUT2D eigenvalue weighted by Crippen LogP contribution is -2.39. The molecule has 0 N–H and O–H groups in total. The second-order valence-corrected chi connectivity index (χ2v) is 4.12. The Labute approximate surface area is 96.3 Å². The molecule has 16 heavy (non-hydrogen) atoms. The number of carbonyl (C=O) groups is 1. The lowest BCUT2D eigenvalue weighted by molar-refractivity contribution is 0.0699. The topological polar surface area (TPSA) is 20.3 Å². The van der Waals surface area contributed by atoms with Gasteiger partial charge in [0.2, 0.25) is 0 Å². The molecule has 0 unspecified atom stereocenters. The van der Waals surface area contributed by atoms with E-state index in [9.17, 15) is 4.79 Å². The number of hydrogen-bond donors (Lipinski definition) is 0. The molecule has 2 nitrogen and oxygen atoms in total. The lowest BCUT2D eigenvalue weighted by atomic mass is 9.98. The molecule has 1 fully saturated rings. The third kappa shape index (κ3) is 2.25. The first-order valence-electron chi connectivity index (χ1n) is 5.61. The maximum Gasteiger partial charge on any atom is 0.253 e. The van der Waals surface area contributed by atoms with E-state index in [0.29, 0.717) is 6.54 Å². The maximum absolute atomic E-state index is 12.1. The number of carbonyl (C=O) groups excluding carboxylic acids is 1. The van der Waals surface area contributed by atoms with Crippen molar-refractivity contribution < 1.29 is 4.79 Å². The quantitative estimate of drug-likeness (QED) is 0.655.